The topological polar surface area (TPSA) is 80.1 Å². The van der Waals surface area contributed by atoms with Crippen molar-refractivity contribution in [1.29, 1.82) is 0 Å². The number of carbonyl (C=O) groups is 1. The highest BCUT2D eigenvalue weighted by atomic mass is 32.2. The standard InChI is InChI=1S/C21H26N2O5S/c1-16(24)23-10-2-5-17-13-20(8-9-21(17)23)29(25,26)22(14-18-6-3-11-27-18)15-19-7-4-12-28-19/h3,6,8-9,11,13,19H,2,4-5,7,10,12,14-15H2,1H3. The van der Waals surface area contributed by atoms with Crippen LogP contribution in [0.3, 0.4) is 0 Å². The number of hydrogen-bond acceptors (Lipinski definition) is 5. The number of carbonyl (C=O) groups excluding carboxylic acids is 1. The number of aryl methyl sites for hydroxylation is 1. The third-order valence-electron chi connectivity index (χ3n) is 5.53. The van der Waals surface area contributed by atoms with E-state index in [-0.39, 0.29) is 23.5 Å². The van der Waals surface area contributed by atoms with Crippen molar-refractivity contribution < 1.29 is 22.4 Å². The summed E-state index contributed by atoms with van der Waals surface area (Å²) < 4.78 is 39.5. The van der Waals surface area contributed by atoms with Crippen LogP contribution in [0.25, 0.3) is 0 Å². The van der Waals surface area contributed by atoms with Gasteiger partial charge in [-0.1, -0.05) is 0 Å². The van der Waals surface area contributed by atoms with Crippen molar-refractivity contribution in [2.45, 2.75) is 50.2 Å². The molecule has 1 amide bonds. The molecular weight excluding hydrogens is 392 g/mol. The molecule has 1 saturated heterocycles. The van der Waals surface area contributed by atoms with Gasteiger partial charge in [-0.2, -0.15) is 4.31 Å². The number of anilines is 1. The van der Waals surface area contributed by atoms with Gasteiger partial charge in [-0.05, 0) is 61.6 Å². The van der Waals surface area contributed by atoms with Gasteiger partial charge in [0.15, 0.2) is 0 Å². The number of fused-ring (bicyclic) bond motifs is 1. The lowest BCUT2D eigenvalue weighted by atomic mass is 10.0. The molecule has 7 nitrogen and oxygen atoms in total. The van der Waals surface area contributed by atoms with E-state index in [4.69, 9.17) is 9.15 Å². The van der Waals surface area contributed by atoms with Gasteiger partial charge in [0.2, 0.25) is 15.9 Å². The molecule has 0 bridgehead atoms. The number of rotatable bonds is 6. The first-order valence-electron chi connectivity index (χ1n) is 10.0. The Morgan fingerprint density at radius 3 is 2.83 bits per heavy atom. The molecule has 2 aromatic rings. The van der Waals surface area contributed by atoms with Crippen LogP contribution in [-0.2, 0) is 32.5 Å². The van der Waals surface area contributed by atoms with Crippen LogP contribution in [0.5, 0.6) is 0 Å². The van der Waals surface area contributed by atoms with Crippen LogP contribution >= 0.6 is 0 Å². The molecule has 1 unspecified atom stereocenters. The fraction of sp³-hybridized carbons (Fsp3) is 0.476. The fourth-order valence-corrected chi connectivity index (χ4v) is 5.54. The predicted octanol–water partition coefficient (Wildman–Crippen LogP) is 2.95. The van der Waals surface area contributed by atoms with Gasteiger partial charge in [0.05, 0.1) is 23.8 Å². The van der Waals surface area contributed by atoms with Crippen molar-refractivity contribution in [3.05, 3.63) is 47.9 Å². The summed E-state index contributed by atoms with van der Waals surface area (Å²) >= 11 is 0. The average Bonchev–Trinajstić information content (AvgIpc) is 3.40. The monoisotopic (exact) mass is 418 g/mol. The van der Waals surface area contributed by atoms with Gasteiger partial charge < -0.3 is 14.1 Å². The zero-order valence-corrected chi connectivity index (χ0v) is 17.4. The zero-order valence-electron chi connectivity index (χ0n) is 16.5. The van der Waals surface area contributed by atoms with E-state index in [9.17, 15) is 13.2 Å². The lowest BCUT2D eigenvalue weighted by molar-refractivity contribution is -0.116. The van der Waals surface area contributed by atoms with Crippen molar-refractivity contribution in [1.82, 2.24) is 4.31 Å². The first kappa shape index (κ1) is 20.1. The smallest absolute Gasteiger partial charge is 0.243 e. The second-order valence-corrected chi connectivity index (χ2v) is 9.51. The quantitative estimate of drug-likeness (QED) is 0.721. The number of ether oxygens (including phenoxy) is 1. The van der Waals surface area contributed by atoms with Crippen molar-refractivity contribution in [2.24, 2.45) is 0 Å². The highest BCUT2D eigenvalue weighted by Gasteiger charge is 2.31. The van der Waals surface area contributed by atoms with E-state index in [0.29, 0.717) is 25.5 Å². The van der Waals surface area contributed by atoms with Gasteiger partial charge >= 0.3 is 0 Å². The highest BCUT2D eigenvalue weighted by Crippen LogP contribution is 2.31. The minimum atomic E-state index is -3.75. The molecule has 0 saturated carbocycles. The van der Waals surface area contributed by atoms with E-state index in [0.717, 1.165) is 36.9 Å². The van der Waals surface area contributed by atoms with Crippen molar-refractivity contribution in [3.63, 3.8) is 0 Å². The van der Waals surface area contributed by atoms with E-state index in [1.807, 2.05) is 0 Å². The van der Waals surface area contributed by atoms with E-state index in [2.05, 4.69) is 0 Å². The molecule has 0 aliphatic carbocycles. The highest BCUT2D eigenvalue weighted by molar-refractivity contribution is 7.89. The Hall–Kier alpha value is -2.16. The number of sulfonamides is 1. The van der Waals surface area contributed by atoms with Crippen molar-refractivity contribution in [2.75, 3.05) is 24.6 Å². The minimum Gasteiger partial charge on any atom is -0.468 e. The molecule has 29 heavy (non-hydrogen) atoms. The normalized spacial score (nSPS) is 19.5. The molecule has 1 aromatic heterocycles. The summed E-state index contributed by atoms with van der Waals surface area (Å²) in [6.07, 6.45) is 4.81. The summed E-state index contributed by atoms with van der Waals surface area (Å²) in [6.45, 7) is 3.31. The maximum Gasteiger partial charge on any atom is 0.243 e. The summed E-state index contributed by atoms with van der Waals surface area (Å²) in [4.78, 5) is 13.9. The van der Waals surface area contributed by atoms with Crippen LogP contribution in [0.15, 0.2) is 45.9 Å². The van der Waals surface area contributed by atoms with E-state index < -0.39 is 10.0 Å². The average molecular weight is 419 g/mol. The summed E-state index contributed by atoms with van der Waals surface area (Å²) in [6, 6.07) is 8.58. The molecule has 1 fully saturated rings. The number of hydrogen-bond donors (Lipinski definition) is 0. The Morgan fingerprint density at radius 2 is 2.14 bits per heavy atom. The number of furan rings is 1. The van der Waals surface area contributed by atoms with Gasteiger partial charge in [0, 0.05) is 32.3 Å². The van der Waals surface area contributed by atoms with Gasteiger partial charge in [-0.15, -0.1) is 0 Å². The minimum absolute atomic E-state index is 0.0283. The maximum absolute atomic E-state index is 13.5. The summed E-state index contributed by atoms with van der Waals surface area (Å²) in [5.41, 5.74) is 1.70. The molecule has 3 heterocycles. The molecule has 2 aliphatic heterocycles. The lowest BCUT2D eigenvalue weighted by Gasteiger charge is -2.29. The molecule has 1 aromatic carbocycles. The third-order valence-corrected chi connectivity index (χ3v) is 7.34. The third kappa shape index (κ3) is 4.24. The Labute approximate surface area is 171 Å². The molecule has 0 spiro atoms. The van der Waals surface area contributed by atoms with Crippen LogP contribution in [0.1, 0.15) is 37.5 Å². The van der Waals surface area contributed by atoms with Gasteiger partial charge in [0.1, 0.15) is 5.76 Å². The van der Waals surface area contributed by atoms with Crippen LogP contribution in [0.2, 0.25) is 0 Å². The SMILES string of the molecule is CC(=O)N1CCCc2cc(S(=O)(=O)N(Cc3ccco3)CC3CCCO3)ccc21. The second kappa shape index (κ2) is 8.30. The second-order valence-electron chi connectivity index (χ2n) is 7.58. The predicted molar refractivity (Wildman–Crippen MR) is 108 cm³/mol. The number of nitrogens with zero attached hydrogens (tertiary/aromatic N) is 2. The zero-order chi connectivity index (χ0) is 20.4. The van der Waals surface area contributed by atoms with Crippen LogP contribution in [0, 0.1) is 0 Å². The Kier molecular flexibility index (Phi) is 5.76. The molecule has 156 valence electrons. The Bertz CT molecular complexity index is 965. The number of benzene rings is 1. The lowest BCUT2D eigenvalue weighted by Crippen LogP contribution is -2.37. The summed E-state index contributed by atoms with van der Waals surface area (Å²) in [7, 11) is -3.75. The molecule has 0 N–H and O–H groups in total. The fourth-order valence-electron chi connectivity index (χ4n) is 4.05. The van der Waals surface area contributed by atoms with Gasteiger partial charge in [-0.25, -0.2) is 8.42 Å². The molecule has 0 radical (unpaired) electrons. The summed E-state index contributed by atoms with van der Waals surface area (Å²) in [5.74, 6) is 0.562. The number of amides is 1. The Morgan fingerprint density at radius 1 is 1.28 bits per heavy atom. The van der Waals surface area contributed by atoms with Gasteiger partial charge in [-0.3, -0.25) is 4.79 Å². The van der Waals surface area contributed by atoms with E-state index in [1.54, 1.807) is 41.5 Å². The molecular formula is C21H26N2O5S. The van der Waals surface area contributed by atoms with Crippen molar-refractivity contribution in [3.8, 4) is 0 Å². The largest absolute Gasteiger partial charge is 0.468 e. The maximum atomic E-state index is 13.5. The molecule has 4 rings (SSSR count). The van der Waals surface area contributed by atoms with Crippen LogP contribution < -0.4 is 4.90 Å². The van der Waals surface area contributed by atoms with Crippen LogP contribution in [-0.4, -0.2) is 44.4 Å². The first-order chi connectivity index (χ1) is 13.9. The van der Waals surface area contributed by atoms with Crippen molar-refractivity contribution >= 4 is 21.6 Å². The molecule has 2 aliphatic rings. The molecule has 1 atom stereocenters. The van der Waals surface area contributed by atoms with Crippen LogP contribution in [0.4, 0.5) is 5.69 Å². The Balaban J connectivity index is 1.65. The van der Waals surface area contributed by atoms with E-state index >= 15 is 0 Å². The van der Waals surface area contributed by atoms with Gasteiger partial charge in [0.25, 0.3) is 0 Å². The molecule has 8 heteroatoms. The summed E-state index contributed by atoms with van der Waals surface area (Å²) in [5, 5.41) is 0. The van der Waals surface area contributed by atoms with E-state index in [1.165, 1.54) is 11.2 Å². The first-order valence-corrected chi connectivity index (χ1v) is 11.4.